The summed E-state index contributed by atoms with van der Waals surface area (Å²) in [5.74, 6) is -4.08. The molecule has 124 valence electrons. The van der Waals surface area contributed by atoms with Crippen LogP contribution < -0.4 is 5.32 Å². The average molecular weight is 325 g/mol. The van der Waals surface area contributed by atoms with Crippen LogP contribution in [0, 0.1) is 17.5 Å². The molecule has 2 rings (SSSR count). The van der Waals surface area contributed by atoms with Crippen molar-refractivity contribution in [3.8, 4) is 5.75 Å². The maximum Gasteiger partial charge on any atom is 0.194 e. The van der Waals surface area contributed by atoms with Crippen LogP contribution in [0.1, 0.15) is 36.6 Å². The standard InChI is InChI=1S/C17H18F3NO2/c1-2-14(11-5-3-4-6-16(11)23)21-15(9-22)10-7-12(18)17(20)13(19)8-10/h3-8,14-15,21-23H,2,9H2,1H3/t14-,15-/m0/s1. The Kier molecular flexibility index (Phi) is 5.63. The molecule has 3 nitrogen and oxygen atoms in total. The number of rotatable bonds is 6. The number of aromatic hydroxyl groups is 1. The first-order valence-corrected chi connectivity index (χ1v) is 7.27. The number of aliphatic hydroxyl groups is 1. The summed E-state index contributed by atoms with van der Waals surface area (Å²) in [4.78, 5) is 0. The quantitative estimate of drug-likeness (QED) is 0.712. The third-order valence-corrected chi connectivity index (χ3v) is 3.71. The number of aliphatic hydroxyl groups excluding tert-OH is 1. The lowest BCUT2D eigenvalue weighted by Crippen LogP contribution is -2.29. The maximum atomic E-state index is 13.4. The third kappa shape index (κ3) is 3.83. The zero-order valence-corrected chi connectivity index (χ0v) is 12.6. The molecule has 0 amide bonds. The summed E-state index contributed by atoms with van der Waals surface area (Å²) in [6, 6.07) is 7.24. The second kappa shape index (κ2) is 7.48. The molecule has 0 aliphatic rings. The van der Waals surface area contributed by atoms with Gasteiger partial charge in [-0.15, -0.1) is 0 Å². The lowest BCUT2D eigenvalue weighted by Gasteiger charge is -2.25. The summed E-state index contributed by atoms with van der Waals surface area (Å²) in [6.07, 6.45) is 0.570. The van der Waals surface area contributed by atoms with Gasteiger partial charge in [-0.3, -0.25) is 0 Å². The Hall–Kier alpha value is -2.05. The fourth-order valence-corrected chi connectivity index (χ4v) is 2.48. The van der Waals surface area contributed by atoms with Crippen LogP contribution in [0.4, 0.5) is 13.2 Å². The van der Waals surface area contributed by atoms with Crippen molar-refractivity contribution in [1.82, 2.24) is 5.32 Å². The van der Waals surface area contributed by atoms with Gasteiger partial charge in [0, 0.05) is 11.6 Å². The van der Waals surface area contributed by atoms with E-state index in [4.69, 9.17) is 0 Å². The SMILES string of the molecule is CC[C@H](N[C@@H](CO)c1cc(F)c(F)c(F)c1)c1ccccc1O. The Morgan fingerprint density at radius 1 is 1.04 bits per heavy atom. The molecule has 0 aliphatic carbocycles. The molecule has 0 heterocycles. The number of nitrogens with one attached hydrogen (secondary N) is 1. The normalized spacial score (nSPS) is 13.8. The molecule has 0 aliphatic heterocycles. The van der Waals surface area contributed by atoms with Crippen LogP contribution in [0.2, 0.25) is 0 Å². The van der Waals surface area contributed by atoms with Gasteiger partial charge in [-0.05, 0) is 30.2 Å². The minimum Gasteiger partial charge on any atom is -0.508 e. The summed E-state index contributed by atoms with van der Waals surface area (Å²) < 4.78 is 39.8. The zero-order valence-electron chi connectivity index (χ0n) is 12.6. The number of phenols is 1. The van der Waals surface area contributed by atoms with E-state index >= 15 is 0 Å². The van der Waals surface area contributed by atoms with E-state index in [-0.39, 0.29) is 17.4 Å². The van der Waals surface area contributed by atoms with Gasteiger partial charge >= 0.3 is 0 Å². The monoisotopic (exact) mass is 325 g/mol. The largest absolute Gasteiger partial charge is 0.508 e. The van der Waals surface area contributed by atoms with E-state index in [0.29, 0.717) is 12.0 Å². The number of benzene rings is 2. The fourth-order valence-electron chi connectivity index (χ4n) is 2.48. The van der Waals surface area contributed by atoms with Crippen molar-refractivity contribution in [3.63, 3.8) is 0 Å². The topological polar surface area (TPSA) is 52.5 Å². The highest BCUT2D eigenvalue weighted by Gasteiger charge is 2.21. The number of hydrogen-bond donors (Lipinski definition) is 3. The van der Waals surface area contributed by atoms with Crippen LogP contribution in [0.25, 0.3) is 0 Å². The van der Waals surface area contributed by atoms with E-state index in [2.05, 4.69) is 5.32 Å². The van der Waals surface area contributed by atoms with Gasteiger partial charge in [0.1, 0.15) is 5.75 Å². The van der Waals surface area contributed by atoms with Gasteiger partial charge in [-0.25, -0.2) is 13.2 Å². The molecule has 0 radical (unpaired) electrons. The van der Waals surface area contributed by atoms with Crippen molar-refractivity contribution in [2.24, 2.45) is 0 Å². The molecule has 0 saturated carbocycles. The van der Waals surface area contributed by atoms with Crippen LogP contribution in [0.3, 0.4) is 0 Å². The molecule has 2 aromatic carbocycles. The Balaban J connectivity index is 2.29. The highest BCUT2D eigenvalue weighted by atomic mass is 19.2. The second-order valence-electron chi connectivity index (χ2n) is 5.22. The highest BCUT2D eigenvalue weighted by Crippen LogP contribution is 2.29. The van der Waals surface area contributed by atoms with Crippen molar-refractivity contribution in [3.05, 3.63) is 65.0 Å². The Morgan fingerprint density at radius 2 is 1.65 bits per heavy atom. The Bertz CT molecular complexity index is 656. The van der Waals surface area contributed by atoms with E-state index in [9.17, 15) is 23.4 Å². The number of para-hydroxylation sites is 1. The number of halogens is 3. The smallest absolute Gasteiger partial charge is 0.194 e. The van der Waals surface area contributed by atoms with E-state index < -0.39 is 30.1 Å². The van der Waals surface area contributed by atoms with Crippen LogP contribution in [-0.2, 0) is 0 Å². The Morgan fingerprint density at radius 3 is 2.17 bits per heavy atom. The molecule has 6 heteroatoms. The minimum atomic E-state index is -1.54. The van der Waals surface area contributed by atoms with Gasteiger partial charge in [0.15, 0.2) is 17.5 Å². The van der Waals surface area contributed by atoms with Crippen molar-refractivity contribution in [2.75, 3.05) is 6.61 Å². The molecule has 0 unspecified atom stereocenters. The van der Waals surface area contributed by atoms with Gasteiger partial charge in [-0.1, -0.05) is 25.1 Å². The summed E-state index contributed by atoms with van der Waals surface area (Å²) in [5.41, 5.74) is 0.703. The first-order valence-electron chi connectivity index (χ1n) is 7.27. The number of phenolic OH excluding ortho intramolecular Hbond substituents is 1. The average Bonchev–Trinajstić information content (AvgIpc) is 2.54. The minimum absolute atomic E-state index is 0.0833. The van der Waals surface area contributed by atoms with Crippen molar-refractivity contribution in [2.45, 2.75) is 25.4 Å². The molecular weight excluding hydrogens is 307 g/mol. The van der Waals surface area contributed by atoms with Gasteiger partial charge in [0.05, 0.1) is 12.6 Å². The van der Waals surface area contributed by atoms with E-state index in [1.807, 2.05) is 6.92 Å². The van der Waals surface area contributed by atoms with Gasteiger partial charge in [0.2, 0.25) is 0 Å². The highest BCUT2D eigenvalue weighted by molar-refractivity contribution is 5.35. The van der Waals surface area contributed by atoms with Crippen LogP contribution >= 0.6 is 0 Å². The molecule has 0 bridgehead atoms. The lowest BCUT2D eigenvalue weighted by molar-refractivity contribution is 0.230. The van der Waals surface area contributed by atoms with E-state index in [1.165, 1.54) is 6.07 Å². The van der Waals surface area contributed by atoms with Gasteiger partial charge in [-0.2, -0.15) is 0 Å². The molecule has 0 aromatic heterocycles. The maximum absolute atomic E-state index is 13.4. The van der Waals surface area contributed by atoms with Crippen molar-refractivity contribution in [1.29, 1.82) is 0 Å². The molecule has 0 fully saturated rings. The Labute approximate surface area is 132 Å². The van der Waals surface area contributed by atoms with Crippen LogP contribution in [0.5, 0.6) is 5.75 Å². The molecule has 2 atom stereocenters. The summed E-state index contributed by atoms with van der Waals surface area (Å²) in [5, 5.41) is 22.5. The second-order valence-corrected chi connectivity index (χ2v) is 5.22. The van der Waals surface area contributed by atoms with E-state index in [1.54, 1.807) is 18.2 Å². The summed E-state index contributed by atoms with van der Waals surface area (Å²) in [7, 11) is 0. The molecule has 2 aromatic rings. The van der Waals surface area contributed by atoms with Crippen molar-refractivity contribution < 1.29 is 23.4 Å². The third-order valence-electron chi connectivity index (χ3n) is 3.71. The van der Waals surface area contributed by atoms with Crippen LogP contribution in [-0.4, -0.2) is 16.8 Å². The lowest BCUT2D eigenvalue weighted by atomic mass is 10.00. The zero-order chi connectivity index (χ0) is 17.0. The summed E-state index contributed by atoms with van der Waals surface area (Å²) >= 11 is 0. The summed E-state index contributed by atoms with van der Waals surface area (Å²) in [6.45, 7) is 1.43. The molecular formula is C17H18F3NO2. The van der Waals surface area contributed by atoms with Crippen molar-refractivity contribution >= 4 is 0 Å². The molecule has 3 N–H and O–H groups in total. The first kappa shape index (κ1) is 17.3. The molecule has 0 saturated heterocycles. The molecule has 0 spiro atoms. The van der Waals surface area contributed by atoms with Gasteiger partial charge < -0.3 is 15.5 Å². The van der Waals surface area contributed by atoms with Gasteiger partial charge in [0.25, 0.3) is 0 Å². The predicted molar refractivity (Wildman–Crippen MR) is 80.4 cm³/mol. The van der Waals surface area contributed by atoms with E-state index in [0.717, 1.165) is 12.1 Å². The fraction of sp³-hybridized carbons (Fsp3) is 0.294. The molecule has 23 heavy (non-hydrogen) atoms. The first-order chi connectivity index (χ1) is 11.0. The number of hydrogen-bond acceptors (Lipinski definition) is 3. The van der Waals surface area contributed by atoms with Crippen LogP contribution in [0.15, 0.2) is 36.4 Å². The predicted octanol–water partition coefficient (Wildman–Crippen LogP) is 3.58.